The van der Waals surface area contributed by atoms with Crippen LogP contribution in [0.1, 0.15) is 0 Å². The van der Waals surface area contributed by atoms with Crippen LogP contribution in [0.5, 0.6) is 0 Å². The summed E-state index contributed by atoms with van der Waals surface area (Å²) in [5.74, 6) is 0. The molecule has 0 saturated heterocycles. The molecule has 0 spiro atoms. The molecule has 1 atom stereocenters. The Balaban J connectivity index is 0.000000112. The molecule has 0 fully saturated rings. The highest BCUT2D eigenvalue weighted by Gasteiger charge is 2.50. The van der Waals surface area contributed by atoms with Crippen molar-refractivity contribution in [2.75, 3.05) is 14.7 Å². The highest BCUT2D eigenvalue weighted by molar-refractivity contribution is 7.23. The van der Waals surface area contributed by atoms with Gasteiger partial charge in [-0.1, -0.05) is 322 Å². The largest absolute Gasteiger partial charge is 0.456 e. The smallest absolute Gasteiger partial charge is 0.181 e. The fourth-order valence-electron chi connectivity index (χ4n) is 20.6. The van der Waals surface area contributed by atoms with Gasteiger partial charge < -0.3 is 23.7 Å². The summed E-state index contributed by atoms with van der Waals surface area (Å²) in [6.07, 6.45) is 0. The van der Waals surface area contributed by atoms with E-state index in [9.17, 15) is 0 Å². The monoisotopic (exact) mass is 1710 g/mol. The van der Waals surface area contributed by atoms with Gasteiger partial charge in [-0.15, -0.1) is 0 Å². The normalized spacial score (nSPS) is 14.0. The van der Waals surface area contributed by atoms with E-state index in [1.807, 2.05) is 24.3 Å². The second kappa shape index (κ2) is 31.2. The zero-order chi connectivity index (χ0) is 84.2. The number of nitrogens with zero attached hydrogens (tertiary/aromatic N) is 4. The average molecular weight is 1720 g/mol. The van der Waals surface area contributed by atoms with E-state index in [0.29, 0.717) is 0 Å². The van der Waals surface area contributed by atoms with Gasteiger partial charge in [-0.3, -0.25) is 0 Å². The Morgan fingerprint density at radius 2 is 0.656 bits per heavy atom. The number of rotatable bonds is 12. The molecule has 0 N–H and O–H groups in total. The Hall–Kier alpha value is -13.8. The lowest BCUT2D eigenvalue weighted by molar-refractivity contribution is 0.669. The summed E-state index contributed by atoms with van der Waals surface area (Å²) < 4.78 is 8.61. The molecule has 0 bridgehead atoms. The van der Waals surface area contributed by atoms with E-state index < -0.39 is 24.2 Å². The second-order valence-corrected chi connectivity index (χ2v) is 47.4. The van der Waals surface area contributed by atoms with Crippen LogP contribution in [-0.2, 0) is 0 Å². The van der Waals surface area contributed by atoms with Crippen LogP contribution in [0.4, 0.5) is 51.2 Å². The molecule has 1 unspecified atom stereocenters. The Labute approximate surface area is 745 Å². The third-order valence-electron chi connectivity index (χ3n) is 26.1. The lowest BCUT2D eigenvalue weighted by Gasteiger charge is -2.33. The van der Waals surface area contributed by atoms with Crippen molar-refractivity contribution < 1.29 is 4.42 Å². The first kappa shape index (κ1) is 77.3. The van der Waals surface area contributed by atoms with E-state index in [1.54, 1.807) is 0 Å². The lowest BCUT2D eigenvalue weighted by Crippen LogP contribution is -2.73. The summed E-state index contributed by atoms with van der Waals surface area (Å²) in [5, 5.41) is 23.6. The highest BCUT2D eigenvalue weighted by Crippen LogP contribution is 2.49. The maximum atomic E-state index is 6.85. The van der Waals surface area contributed by atoms with Crippen LogP contribution in [0, 0.1) is 0 Å². The highest BCUT2D eigenvalue weighted by atomic mass is 35.5. The first-order chi connectivity index (χ1) is 61.3. The Kier molecular flexibility index (Phi) is 19.3. The fourth-order valence-corrected chi connectivity index (χ4v) is 32.6. The molecule has 11 heteroatoms. The number of para-hydroxylation sites is 7. The molecular formula is C114H83Cl3N4OSi3. The Morgan fingerprint density at radius 3 is 1.29 bits per heavy atom. The zero-order valence-corrected chi connectivity index (χ0v) is 74.6. The molecule has 598 valence electrons. The average Bonchev–Trinajstić information content (AvgIpc) is 1.54. The van der Waals surface area contributed by atoms with Crippen molar-refractivity contribution in [3.63, 3.8) is 0 Å². The molecule has 0 saturated carbocycles. The van der Waals surface area contributed by atoms with Gasteiger partial charge in [0.25, 0.3) is 0 Å². The standard InChI is InChI=1S/C44H30ClNSi.C38H29ClN2Si.C32H24ClNOSi/c45-32-24-26-42-40(29-32)41-30-35(46(33-15-4-1-5-16-33)34-17-6-2-7-18-34)25-27-43(41)47(42,36-19-8-3-9-20-36)44-28-31-14-10-11-21-37(31)38-22-12-13-23-39(38)44;1-42(2)36-23-20-26(39)24-32(36)38-35(18-11-19-37(38)42)40(27-12-5-3-6-13-27)29-21-22-34-31(25-29)30-16-9-10-17-33(30)41(34)28-14-7-4-8-15-28;1-36(2)30-17-15-21(33)19-25(30)26-20-23(16-18-31(26)36)34(22-9-4-3-5-10-22)27-12-8-14-29-32(27)24-11-6-7-13-28(24)35-29/h1-30H;3-25H,1-2H3;3-20H,1-2H3. The van der Waals surface area contributed by atoms with Gasteiger partial charge in [0.2, 0.25) is 0 Å². The van der Waals surface area contributed by atoms with E-state index in [2.05, 4.69) is 452 Å². The van der Waals surface area contributed by atoms with Crippen LogP contribution in [-0.4, -0.2) is 28.8 Å². The Bertz CT molecular complexity index is 7760. The topological polar surface area (TPSA) is 27.8 Å². The number of furan rings is 1. The van der Waals surface area contributed by atoms with E-state index >= 15 is 0 Å². The fraction of sp³-hybridized carbons (Fsp3) is 0.0351. The number of fused-ring (bicyclic) bond motifs is 18. The van der Waals surface area contributed by atoms with Gasteiger partial charge in [-0.25, -0.2) is 0 Å². The molecule has 0 radical (unpaired) electrons. The predicted octanol–water partition coefficient (Wildman–Crippen LogP) is 27.7. The second-order valence-electron chi connectivity index (χ2n) is 33.8. The van der Waals surface area contributed by atoms with Crippen LogP contribution >= 0.6 is 34.8 Å². The minimum absolute atomic E-state index is 0.754. The molecule has 21 aromatic rings. The van der Waals surface area contributed by atoms with E-state index in [0.717, 1.165) is 88.2 Å². The molecule has 5 heterocycles. The van der Waals surface area contributed by atoms with Crippen molar-refractivity contribution in [2.45, 2.75) is 26.2 Å². The quantitative estimate of drug-likeness (QED) is 0.0900. The van der Waals surface area contributed by atoms with E-state index in [-0.39, 0.29) is 0 Å². The SMILES string of the molecule is C[Si]1(C)c2ccc(Cl)cc2-c2c(N(c3ccccc3)c3ccc4c(c3)c3ccccc3n4-c3ccccc3)cccc21.C[Si]1(C)c2ccc(Cl)cc2-c2cc(N(c3ccccc3)c3cccc4oc5ccccc5c34)ccc21.Clc1ccc2c(c1)-c1cc(N(c3ccccc3)c3ccccc3)ccc1[Si]2(c1ccccc1)c1cc2ccccc2c2ccccc12. The predicted molar refractivity (Wildman–Crippen MR) is 542 cm³/mol. The third-order valence-corrected chi connectivity index (χ3v) is 38.8. The van der Waals surface area contributed by atoms with Crippen LogP contribution in [0.3, 0.4) is 0 Å². The minimum atomic E-state index is -2.82. The van der Waals surface area contributed by atoms with Crippen LogP contribution < -0.4 is 56.2 Å². The van der Waals surface area contributed by atoms with Crippen LogP contribution in [0.2, 0.25) is 41.3 Å². The van der Waals surface area contributed by atoms with Crippen molar-refractivity contribution in [2.24, 2.45) is 0 Å². The van der Waals surface area contributed by atoms with Gasteiger partial charge in [-0.05, 0) is 261 Å². The number of anilines is 9. The van der Waals surface area contributed by atoms with Crippen molar-refractivity contribution in [3.05, 3.63) is 446 Å². The molecule has 24 rings (SSSR count). The lowest BCUT2D eigenvalue weighted by atomic mass is 10.0. The molecule has 5 nitrogen and oxygen atoms in total. The van der Waals surface area contributed by atoms with Gasteiger partial charge in [0.15, 0.2) is 8.07 Å². The molecule has 0 amide bonds. The van der Waals surface area contributed by atoms with Gasteiger partial charge in [0, 0.05) is 82.3 Å². The number of halogens is 3. The van der Waals surface area contributed by atoms with Crippen LogP contribution in [0.25, 0.3) is 104 Å². The zero-order valence-electron chi connectivity index (χ0n) is 69.3. The summed E-state index contributed by atoms with van der Waals surface area (Å²) in [7, 11) is -6.49. The summed E-state index contributed by atoms with van der Waals surface area (Å²) in [6.45, 7) is 9.76. The van der Waals surface area contributed by atoms with Gasteiger partial charge in [0.05, 0.1) is 27.8 Å². The van der Waals surface area contributed by atoms with E-state index in [1.165, 1.54) is 124 Å². The van der Waals surface area contributed by atoms with Crippen molar-refractivity contribution in [3.8, 4) is 39.1 Å². The van der Waals surface area contributed by atoms with Crippen molar-refractivity contribution in [1.29, 1.82) is 0 Å². The maximum absolute atomic E-state index is 6.85. The number of hydrogen-bond acceptors (Lipinski definition) is 4. The number of hydrogen-bond donors (Lipinski definition) is 0. The molecule has 0 aliphatic carbocycles. The van der Waals surface area contributed by atoms with Gasteiger partial charge >= 0.3 is 0 Å². The molecule has 3 aliphatic heterocycles. The molecular weight excluding hydrogens is 1630 g/mol. The first-order valence-electron chi connectivity index (χ1n) is 42.7. The third kappa shape index (κ3) is 12.9. The van der Waals surface area contributed by atoms with E-state index in [4.69, 9.17) is 39.2 Å². The maximum Gasteiger partial charge on any atom is 0.181 e. The summed E-state index contributed by atoms with van der Waals surface area (Å²) in [6, 6.07) is 155. The number of aromatic nitrogens is 1. The van der Waals surface area contributed by atoms with Gasteiger partial charge in [0.1, 0.15) is 27.3 Å². The first-order valence-corrected chi connectivity index (χ1v) is 51.8. The van der Waals surface area contributed by atoms with Crippen molar-refractivity contribution in [1.82, 2.24) is 4.57 Å². The van der Waals surface area contributed by atoms with Crippen molar-refractivity contribution >= 4 is 217 Å². The minimum Gasteiger partial charge on any atom is -0.456 e. The Morgan fingerprint density at radius 1 is 0.248 bits per heavy atom. The summed E-state index contributed by atoms with van der Waals surface area (Å²) in [5.41, 5.74) is 23.1. The summed E-state index contributed by atoms with van der Waals surface area (Å²) >= 11 is 19.9. The molecule has 2 aromatic heterocycles. The number of benzene rings is 19. The molecule has 19 aromatic carbocycles. The summed E-state index contributed by atoms with van der Waals surface area (Å²) in [4.78, 5) is 7.12. The van der Waals surface area contributed by atoms with Gasteiger partial charge in [-0.2, -0.15) is 0 Å². The van der Waals surface area contributed by atoms with Crippen LogP contribution in [0.15, 0.2) is 435 Å². The molecule has 125 heavy (non-hydrogen) atoms. The molecule has 3 aliphatic rings.